The minimum absolute atomic E-state index is 0.0715. The lowest BCUT2D eigenvalue weighted by atomic mass is 9.85. The Kier molecular flexibility index (Phi) is 7.69. The highest BCUT2D eigenvalue weighted by atomic mass is 32.1. The second-order valence-corrected chi connectivity index (χ2v) is 10.7. The maximum absolute atomic E-state index is 13.3. The normalized spacial score (nSPS) is 19.4. The fraction of sp³-hybridized carbons (Fsp3) is 0.520. The molecule has 3 atom stereocenters. The molecule has 1 saturated heterocycles. The summed E-state index contributed by atoms with van der Waals surface area (Å²) in [6, 6.07) is 6.66. The SMILES string of the molecule is CC(=O)N[C@H](C(=O)N1C[C@H](O)C[C@H]1C(=O)CCc1ccc(-c2scnc2C)cc1)C(C)(C)C. The van der Waals surface area contributed by atoms with Crippen LogP contribution in [0.15, 0.2) is 29.8 Å². The highest BCUT2D eigenvalue weighted by molar-refractivity contribution is 7.13. The third kappa shape index (κ3) is 6.06. The van der Waals surface area contributed by atoms with E-state index in [1.807, 2.05) is 57.5 Å². The highest BCUT2D eigenvalue weighted by Gasteiger charge is 2.43. The van der Waals surface area contributed by atoms with Gasteiger partial charge in [0.25, 0.3) is 0 Å². The Morgan fingerprint density at radius 3 is 2.45 bits per heavy atom. The number of hydrogen-bond donors (Lipinski definition) is 2. The number of benzene rings is 1. The van der Waals surface area contributed by atoms with Crippen molar-refractivity contribution in [1.29, 1.82) is 0 Å². The van der Waals surface area contributed by atoms with Crippen molar-refractivity contribution < 1.29 is 19.5 Å². The van der Waals surface area contributed by atoms with Crippen LogP contribution in [0, 0.1) is 12.3 Å². The van der Waals surface area contributed by atoms with Crippen molar-refractivity contribution in [2.45, 2.75) is 72.1 Å². The molecule has 33 heavy (non-hydrogen) atoms. The number of nitrogens with one attached hydrogen (secondary N) is 1. The van der Waals surface area contributed by atoms with Crippen LogP contribution in [0.5, 0.6) is 0 Å². The van der Waals surface area contributed by atoms with E-state index in [1.165, 1.54) is 11.8 Å². The Balaban J connectivity index is 1.67. The average Bonchev–Trinajstić information content (AvgIpc) is 3.35. The van der Waals surface area contributed by atoms with E-state index >= 15 is 0 Å². The third-order valence-corrected chi connectivity index (χ3v) is 6.99. The van der Waals surface area contributed by atoms with E-state index in [0.29, 0.717) is 6.42 Å². The van der Waals surface area contributed by atoms with Crippen LogP contribution in [0.2, 0.25) is 0 Å². The quantitative estimate of drug-likeness (QED) is 0.646. The lowest BCUT2D eigenvalue weighted by Gasteiger charge is -2.35. The number of aryl methyl sites for hydroxylation is 2. The predicted molar refractivity (Wildman–Crippen MR) is 129 cm³/mol. The number of carbonyl (C=O) groups excluding carboxylic acids is 3. The summed E-state index contributed by atoms with van der Waals surface area (Å²) in [4.78, 5) is 44.9. The maximum Gasteiger partial charge on any atom is 0.246 e. The van der Waals surface area contributed by atoms with Crippen LogP contribution in [-0.2, 0) is 20.8 Å². The fourth-order valence-electron chi connectivity index (χ4n) is 4.22. The van der Waals surface area contributed by atoms with Crippen molar-refractivity contribution in [2.24, 2.45) is 5.41 Å². The summed E-state index contributed by atoms with van der Waals surface area (Å²) in [5, 5.41) is 12.9. The number of carbonyl (C=O) groups is 3. The smallest absolute Gasteiger partial charge is 0.246 e. The van der Waals surface area contributed by atoms with Crippen LogP contribution in [0.4, 0.5) is 0 Å². The second kappa shape index (κ2) is 10.1. The van der Waals surface area contributed by atoms with Gasteiger partial charge in [-0.25, -0.2) is 4.98 Å². The number of ketones is 1. The molecule has 1 aliphatic rings. The number of thiazole rings is 1. The van der Waals surface area contributed by atoms with Gasteiger partial charge in [-0.3, -0.25) is 14.4 Å². The van der Waals surface area contributed by atoms with Crippen molar-refractivity contribution >= 4 is 28.9 Å². The fourth-order valence-corrected chi connectivity index (χ4v) is 5.03. The molecule has 0 unspecified atom stereocenters. The summed E-state index contributed by atoms with van der Waals surface area (Å²) in [6.45, 7) is 9.06. The molecular weight excluding hydrogens is 438 g/mol. The molecule has 178 valence electrons. The van der Waals surface area contributed by atoms with Gasteiger partial charge in [-0.05, 0) is 29.9 Å². The minimum atomic E-state index is -0.765. The molecule has 0 bridgehead atoms. The second-order valence-electron chi connectivity index (χ2n) is 9.83. The Bertz CT molecular complexity index is 1010. The molecule has 2 heterocycles. The van der Waals surface area contributed by atoms with E-state index in [-0.39, 0.29) is 37.0 Å². The van der Waals surface area contributed by atoms with Crippen LogP contribution < -0.4 is 5.32 Å². The van der Waals surface area contributed by atoms with Gasteiger partial charge in [-0.15, -0.1) is 11.3 Å². The summed E-state index contributed by atoms with van der Waals surface area (Å²) < 4.78 is 0. The molecule has 1 aromatic carbocycles. The molecule has 2 aromatic rings. The average molecular weight is 472 g/mol. The van der Waals surface area contributed by atoms with Crippen molar-refractivity contribution in [3.05, 3.63) is 41.0 Å². The zero-order valence-corrected chi connectivity index (χ0v) is 20.7. The topological polar surface area (TPSA) is 99.6 Å². The number of aromatic nitrogens is 1. The van der Waals surface area contributed by atoms with Crippen LogP contribution in [0.25, 0.3) is 10.4 Å². The maximum atomic E-state index is 13.3. The molecule has 2 amide bonds. The summed E-state index contributed by atoms with van der Waals surface area (Å²) >= 11 is 1.60. The summed E-state index contributed by atoms with van der Waals surface area (Å²) in [7, 11) is 0. The number of hydrogen-bond acceptors (Lipinski definition) is 6. The number of Topliss-reactive ketones (excluding diaryl/α,β-unsaturated/α-hetero) is 1. The van der Waals surface area contributed by atoms with Gasteiger partial charge in [0.2, 0.25) is 11.8 Å². The van der Waals surface area contributed by atoms with Gasteiger partial charge >= 0.3 is 0 Å². The van der Waals surface area contributed by atoms with Gasteiger partial charge in [0.05, 0.1) is 28.2 Å². The molecule has 1 aliphatic heterocycles. The zero-order chi connectivity index (χ0) is 24.3. The van der Waals surface area contributed by atoms with E-state index in [9.17, 15) is 19.5 Å². The summed E-state index contributed by atoms with van der Waals surface area (Å²) in [5.41, 5.74) is 4.45. The van der Waals surface area contributed by atoms with Crippen LogP contribution in [-0.4, -0.2) is 57.3 Å². The largest absolute Gasteiger partial charge is 0.391 e. The molecular formula is C25H33N3O4S. The van der Waals surface area contributed by atoms with E-state index < -0.39 is 23.6 Å². The van der Waals surface area contributed by atoms with Crippen molar-refractivity contribution in [2.75, 3.05) is 6.54 Å². The number of aliphatic hydroxyl groups is 1. The van der Waals surface area contributed by atoms with Gasteiger partial charge in [-0.2, -0.15) is 0 Å². The monoisotopic (exact) mass is 471 g/mol. The first-order valence-corrected chi connectivity index (χ1v) is 12.1. The van der Waals surface area contributed by atoms with Crippen molar-refractivity contribution in [1.82, 2.24) is 15.2 Å². The molecule has 0 saturated carbocycles. The molecule has 8 heteroatoms. The molecule has 0 radical (unpaired) electrons. The van der Waals surface area contributed by atoms with Gasteiger partial charge in [0.15, 0.2) is 5.78 Å². The molecule has 0 spiro atoms. The lowest BCUT2D eigenvalue weighted by Crippen LogP contribution is -2.56. The Labute approximate surface area is 199 Å². The predicted octanol–water partition coefficient (Wildman–Crippen LogP) is 3.13. The van der Waals surface area contributed by atoms with E-state index in [4.69, 9.17) is 0 Å². The zero-order valence-electron chi connectivity index (χ0n) is 19.9. The van der Waals surface area contributed by atoms with Crippen LogP contribution in [0.3, 0.4) is 0 Å². The molecule has 1 aromatic heterocycles. The Morgan fingerprint density at radius 1 is 1.24 bits per heavy atom. The standard InChI is InChI=1S/C25H33N3O4S/c1-15-22(33-14-26-15)18-9-6-17(7-10-18)8-11-21(31)20-12-19(30)13-28(20)24(32)23(25(3,4)5)27-16(2)29/h6-7,9-10,14,19-20,23,30H,8,11-13H2,1-5H3,(H,27,29)/t19-,20+,23-/m1/s1. The molecule has 3 rings (SSSR count). The number of nitrogens with zero attached hydrogens (tertiary/aromatic N) is 2. The molecule has 0 aliphatic carbocycles. The molecule has 1 fully saturated rings. The number of aliphatic hydroxyl groups excluding tert-OH is 1. The Hall–Kier alpha value is -2.58. The van der Waals surface area contributed by atoms with Gasteiger partial charge in [0.1, 0.15) is 6.04 Å². The van der Waals surface area contributed by atoms with Crippen molar-refractivity contribution in [3.63, 3.8) is 0 Å². The Morgan fingerprint density at radius 2 is 1.91 bits per heavy atom. The molecule has 7 nitrogen and oxygen atoms in total. The minimum Gasteiger partial charge on any atom is -0.391 e. The molecule has 2 N–H and O–H groups in total. The summed E-state index contributed by atoms with van der Waals surface area (Å²) in [5.74, 6) is -0.697. The van der Waals surface area contributed by atoms with Crippen molar-refractivity contribution in [3.8, 4) is 10.4 Å². The van der Waals surface area contributed by atoms with E-state index in [0.717, 1.165) is 21.7 Å². The first-order valence-electron chi connectivity index (χ1n) is 11.2. The third-order valence-electron chi connectivity index (χ3n) is 6.02. The van der Waals surface area contributed by atoms with E-state index in [2.05, 4.69) is 10.3 Å². The van der Waals surface area contributed by atoms with Crippen LogP contribution >= 0.6 is 11.3 Å². The van der Waals surface area contributed by atoms with Gasteiger partial charge in [0, 0.05) is 26.3 Å². The lowest BCUT2D eigenvalue weighted by molar-refractivity contribution is -0.143. The number of β-amino-alcohol motifs (C(OH)–C–C–N with tert-alkyl or cyclic N) is 1. The number of likely N-dealkylation sites (tertiary alicyclic amines) is 1. The summed E-state index contributed by atoms with van der Waals surface area (Å²) in [6.07, 6.45) is 0.317. The van der Waals surface area contributed by atoms with E-state index in [1.54, 1.807) is 11.3 Å². The highest BCUT2D eigenvalue weighted by Crippen LogP contribution is 2.29. The number of amides is 2. The van der Waals surface area contributed by atoms with Gasteiger partial charge in [-0.1, -0.05) is 45.0 Å². The first-order chi connectivity index (χ1) is 15.5. The van der Waals surface area contributed by atoms with Crippen LogP contribution in [0.1, 0.15) is 51.8 Å². The number of rotatable bonds is 7. The first kappa shape index (κ1) is 25.1. The van der Waals surface area contributed by atoms with Gasteiger partial charge < -0.3 is 15.3 Å².